The van der Waals surface area contributed by atoms with Gasteiger partial charge in [0.15, 0.2) is 0 Å². The van der Waals surface area contributed by atoms with Crippen LogP contribution < -0.4 is 5.32 Å². The second-order valence-electron chi connectivity index (χ2n) is 4.26. The molecular weight excluding hydrogens is 320 g/mol. The summed E-state index contributed by atoms with van der Waals surface area (Å²) in [6, 6.07) is 0. The summed E-state index contributed by atoms with van der Waals surface area (Å²) in [6.45, 7) is 1.47. The number of nitrogens with one attached hydrogen (secondary N) is 1. The predicted molar refractivity (Wildman–Crippen MR) is 71.8 cm³/mol. The summed E-state index contributed by atoms with van der Waals surface area (Å²) < 4.78 is 6.47. The molecule has 0 saturated carbocycles. The molecule has 0 spiro atoms. The fraction of sp³-hybridized carbons (Fsp3) is 0.636. The molecule has 5 nitrogen and oxygen atoms in total. The number of thiazole rings is 1. The average molecular weight is 335 g/mol. The molecule has 1 fully saturated rings. The van der Waals surface area contributed by atoms with Crippen molar-refractivity contribution in [2.75, 3.05) is 19.7 Å². The molecule has 0 aliphatic carbocycles. The molecule has 1 atom stereocenters. The third-order valence-corrected chi connectivity index (χ3v) is 4.71. The molecule has 1 aliphatic rings. The van der Waals surface area contributed by atoms with Crippen molar-refractivity contribution in [3.63, 3.8) is 0 Å². The number of rotatable bonds is 4. The monoisotopic (exact) mass is 334 g/mol. The van der Waals surface area contributed by atoms with Crippen molar-refractivity contribution in [1.29, 1.82) is 0 Å². The van der Waals surface area contributed by atoms with Gasteiger partial charge in [-0.15, -0.1) is 11.3 Å². The van der Waals surface area contributed by atoms with E-state index in [1.165, 1.54) is 11.3 Å². The van der Waals surface area contributed by atoms with Gasteiger partial charge in [0.05, 0.1) is 0 Å². The van der Waals surface area contributed by atoms with Crippen LogP contribution in [0.5, 0.6) is 0 Å². The molecule has 7 heteroatoms. The topological polar surface area (TPSA) is 71.5 Å². The zero-order chi connectivity index (χ0) is 13.0. The summed E-state index contributed by atoms with van der Waals surface area (Å²) in [7, 11) is 0. The van der Waals surface area contributed by atoms with E-state index in [1.807, 2.05) is 5.38 Å². The molecule has 18 heavy (non-hydrogen) atoms. The van der Waals surface area contributed by atoms with Crippen molar-refractivity contribution >= 4 is 33.2 Å². The van der Waals surface area contributed by atoms with Crippen LogP contribution in [0.2, 0.25) is 0 Å². The molecule has 2 heterocycles. The summed E-state index contributed by atoms with van der Waals surface area (Å²) in [4.78, 5) is 15.2. The fourth-order valence-electron chi connectivity index (χ4n) is 2.12. The van der Waals surface area contributed by atoms with Gasteiger partial charge in [0, 0.05) is 5.38 Å². The quantitative estimate of drug-likeness (QED) is 0.880. The lowest BCUT2D eigenvalue weighted by Gasteiger charge is -2.29. The minimum atomic E-state index is -0.942. The van der Waals surface area contributed by atoms with E-state index in [4.69, 9.17) is 9.84 Å². The van der Waals surface area contributed by atoms with Crippen LogP contribution in [-0.2, 0) is 15.1 Å². The van der Waals surface area contributed by atoms with E-state index in [9.17, 15) is 4.79 Å². The first-order chi connectivity index (χ1) is 8.62. The van der Waals surface area contributed by atoms with Crippen LogP contribution in [0.15, 0.2) is 9.98 Å². The van der Waals surface area contributed by atoms with Gasteiger partial charge in [-0.3, -0.25) is 0 Å². The van der Waals surface area contributed by atoms with Crippen LogP contribution in [0.25, 0.3) is 0 Å². The molecular formula is C11H15BrN2O3S. The highest BCUT2D eigenvalue weighted by Crippen LogP contribution is 2.38. The number of hydrogen-bond acceptors (Lipinski definition) is 5. The number of carboxylic acids is 1. The van der Waals surface area contributed by atoms with Crippen molar-refractivity contribution in [2.24, 2.45) is 0 Å². The van der Waals surface area contributed by atoms with Gasteiger partial charge in [0.1, 0.15) is 21.8 Å². The van der Waals surface area contributed by atoms with Gasteiger partial charge in [0.25, 0.3) is 0 Å². The standard InChI is InChI=1S/C11H15BrN2O3S/c12-8-7-18-10(14-8)11(17-6-9(15)16)2-1-4-13-5-3-11/h7,13H,1-6H2,(H,15,16). The van der Waals surface area contributed by atoms with Gasteiger partial charge >= 0.3 is 5.97 Å². The zero-order valence-electron chi connectivity index (χ0n) is 9.82. The minimum absolute atomic E-state index is 0.281. The molecule has 0 amide bonds. The lowest BCUT2D eigenvalue weighted by Crippen LogP contribution is -2.33. The molecule has 1 saturated heterocycles. The normalized spacial score (nSPS) is 24.7. The molecule has 0 radical (unpaired) electrons. The number of ether oxygens (including phenoxy) is 1. The highest BCUT2D eigenvalue weighted by atomic mass is 79.9. The van der Waals surface area contributed by atoms with Gasteiger partial charge in [-0.2, -0.15) is 0 Å². The van der Waals surface area contributed by atoms with Crippen molar-refractivity contribution in [3.05, 3.63) is 15.0 Å². The van der Waals surface area contributed by atoms with Crippen LogP contribution in [-0.4, -0.2) is 35.8 Å². The Balaban J connectivity index is 2.22. The second-order valence-corrected chi connectivity index (χ2v) is 5.93. The Morgan fingerprint density at radius 1 is 1.61 bits per heavy atom. The van der Waals surface area contributed by atoms with E-state index in [2.05, 4.69) is 26.2 Å². The van der Waals surface area contributed by atoms with Crippen molar-refractivity contribution in [2.45, 2.75) is 24.9 Å². The highest BCUT2D eigenvalue weighted by molar-refractivity contribution is 9.10. The minimum Gasteiger partial charge on any atom is -0.480 e. The van der Waals surface area contributed by atoms with E-state index >= 15 is 0 Å². The Hall–Kier alpha value is -0.500. The molecule has 0 aromatic carbocycles. The maximum absolute atomic E-state index is 10.7. The molecule has 1 aromatic rings. The molecule has 2 rings (SSSR count). The lowest BCUT2D eigenvalue weighted by molar-refractivity contribution is -0.151. The third kappa shape index (κ3) is 3.28. The summed E-state index contributed by atoms with van der Waals surface area (Å²) in [6.07, 6.45) is 2.50. The number of carbonyl (C=O) groups is 1. The van der Waals surface area contributed by atoms with E-state index in [0.29, 0.717) is 0 Å². The molecule has 2 N–H and O–H groups in total. The number of nitrogens with zero attached hydrogens (tertiary/aromatic N) is 1. The largest absolute Gasteiger partial charge is 0.480 e. The first-order valence-corrected chi connectivity index (χ1v) is 7.48. The predicted octanol–water partition coefficient (Wildman–Crippen LogP) is 1.98. The summed E-state index contributed by atoms with van der Waals surface area (Å²) in [5, 5.41) is 14.9. The highest BCUT2D eigenvalue weighted by Gasteiger charge is 2.37. The Kier molecular flexibility index (Phi) is 4.71. The Labute approximate surface area is 118 Å². The first kappa shape index (κ1) is 13.9. The SMILES string of the molecule is O=C(O)COC1(c2nc(Br)cs2)CCCNCC1. The average Bonchev–Trinajstić information content (AvgIpc) is 2.64. The van der Waals surface area contributed by atoms with Crippen molar-refractivity contribution in [3.8, 4) is 0 Å². The molecule has 0 bridgehead atoms. The fourth-order valence-corrected chi connectivity index (χ4v) is 3.59. The number of aliphatic carboxylic acids is 1. The Morgan fingerprint density at radius 3 is 3.11 bits per heavy atom. The van der Waals surface area contributed by atoms with Gasteiger partial charge < -0.3 is 15.2 Å². The van der Waals surface area contributed by atoms with Gasteiger partial charge in [-0.05, 0) is 48.3 Å². The molecule has 1 aromatic heterocycles. The second kappa shape index (κ2) is 6.10. The van der Waals surface area contributed by atoms with Crippen LogP contribution in [0.4, 0.5) is 0 Å². The first-order valence-electron chi connectivity index (χ1n) is 5.80. The summed E-state index contributed by atoms with van der Waals surface area (Å²) in [5.74, 6) is -0.942. The maximum atomic E-state index is 10.7. The number of aromatic nitrogens is 1. The number of carboxylic acid groups (broad SMARTS) is 1. The molecule has 1 unspecified atom stereocenters. The Morgan fingerprint density at radius 2 is 2.44 bits per heavy atom. The van der Waals surface area contributed by atoms with Crippen molar-refractivity contribution in [1.82, 2.24) is 10.3 Å². The van der Waals surface area contributed by atoms with E-state index in [-0.39, 0.29) is 6.61 Å². The van der Waals surface area contributed by atoms with Gasteiger partial charge in [-0.1, -0.05) is 0 Å². The number of halogens is 1. The molecule has 100 valence electrons. The van der Waals surface area contributed by atoms with Crippen LogP contribution in [0, 0.1) is 0 Å². The smallest absolute Gasteiger partial charge is 0.329 e. The summed E-state index contributed by atoms with van der Waals surface area (Å²) >= 11 is 4.85. The van der Waals surface area contributed by atoms with Crippen LogP contribution in [0.3, 0.4) is 0 Å². The van der Waals surface area contributed by atoms with Crippen LogP contribution >= 0.6 is 27.3 Å². The maximum Gasteiger partial charge on any atom is 0.329 e. The van der Waals surface area contributed by atoms with E-state index < -0.39 is 11.6 Å². The van der Waals surface area contributed by atoms with E-state index in [0.717, 1.165) is 42.0 Å². The summed E-state index contributed by atoms with van der Waals surface area (Å²) in [5.41, 5.74) is -0.557. The molecule has 1 aliphatic heterocycles. The number of hydrogen-bond donors (Lipinski definition) is 2. The third-order valence-electron chi connectivity index (χ3n) is 2.98. The van der Waals surface area contributed by atoms with Crippen molar-refractivity contribution < 1.29 is 14.6 Å². The van der Waals surface area contributed by atoms with E-state index in [1.54, 1.807) is 0 Å². The van der Waals surface area contributed by atoms with Gasteiger partial charge in [-0.25, -0.2) is 9.78 Å². The Bertz CT molecular complexity index is 416. The van der Waals surface area contributed by atoms with Gasteiger partial charge in [0.2, 0.25) is 0 Å². The van der Waals surface area contributed by atoms with Crippen LogP contribution in [0.1, 0.15) is 24.3 Å². The lowest BCUT2D eigenvalue weighted by atomic mass is 9.95. The zero-order valence-corrected chi connectivity index (χ0v) is 12.2.